The summed E-state index contributed by atoms with van der Waals surface area (Å²) in [6.07, 6.45) is 9.62. The second kappa shape index (κ2) is 10.8. The van der Waals surface area contributed by atoms with Crippen LogP contribution in [-0.2, 0) is 19.1 Å². The third kappa shape index (κ3) is 5.18. The van der Waals surface area contributed by atoms with Gasteiger partial charge in [-0.25, -0.2) is 4.68 Å². The summed E-state index contributed by atoms with van der Waals surface area (Å²) >= 11 is 0. The Bertz CT molecular complexity index is 1300. The van der Waals surface area contributed by atoms with Gasteiger partial charge in [-0.15, -0.1) is 5.10 Å². The lowest BCUT2D eigenvalue weighted by Crippen LogP contribution is -2.51. The van der Waals surface area contributed by atoms with Gasteiger partial charge in [-0.05, 0) is 57.2 Å². The van der Waals surface area contributed by atoms with Crippen molar-refractivity contribution in [3.8, 4) is 16.8 Å². The molecule has 1 N–H and O–H groups in total. The predicted octanol–water partition coefficient (Wildman–Crippen LogP) is 4.38. The maximum atomic E-state index is 13.8. The Morgan fingerprint density at radius 1 is 1.13 bits per heavy atom. The number of aromatic nitrogens is 3. The van der Waals surface area contributed by atoms with Gasteiger partial charge in [0.2, 0.25) is 11.8 Å². The van der Waals surface area contributed by atoms with Crippen LogP contribution in [0.3, 0.4) is 0 Å². The maximum Gasteiger partial charge on any atom is 0.307 e. The average molecular weight is 516 g/mol. The Labute approximate surface area is 222 Å². The number of nitrogens with one attached hydrogen (secondary N) is 1. The second-order valence-electron chi connectivity index (χ2n) is 10.4. The Balaban J connectivity index is 1.38. The molecule has 2 aromatic heterocycles. The van der Waals surface area contributed by atoms with Gasteiger partial charge in [0.25, 0.3) is 0 Å². The summed E-state index contributed by atoms with van der Waals surface area (Å²) in [5.41, 5.74) is 1.67. The van der Waals surface area contributed by atoms with Gasteiger partial charge in [-0.3, -0.25) is 19.4 Å². The molecule has 1 atom stereocenters. The normalized spacial score (nSPS) is 18.4. The summed E-state index contributed by atoms with van der Waals surface area (Å²) in [6.45, 7) is 3.61. The highest BCUT2D eigenvalue weighted by Crippen LogP contribution is 2.45. The van der Waals surface area contributed by atoms with Crippen LogP contribution in [0.1, 0.15) is 52.4 Å². The molecule has 2 aliphatic rings. The van der Waals surface area contributed by atoms with Crippen LogP contribution in [0.15, 0.2) is 61.1 Å². The molecule has 1 aliphatic heterocycles. The molecule has 1 saturated heterocycles. The molecule has 9 heteroatoms. The highest BCUT2D eigenvalue weighted by atomic mass is 16.6. The van der Waals surface area contributed by atoms with Crippen molar-refractivity contribution in [2.75, 3.05) is 11.9 Å². The van der Waals surface area contributed by atoms with Gasteiger partial charge in [0, 0.05) is 24.0 Å². The van der Waals surface area contributed by atoms with Gasteiger partial charge < -0.3 is 15.0 Å². The van der Waals surface area contributed by atoms with Crippen molar-refractivity contribution in [3.63, 3.8) is 0 Å². The lowest BCUT2D eigenvalue weighted by Gasteiger charge is -2.38. The van der Waals surface area contributed by atoms with Gasteiger partial charge in [0.05, 0.1) is 24.2 Å². The maximum absolute atomic E-state index is 13.8. The van der Waals surface area contributed by atoms with E-state index in [1.165, 1.54) is 0 Å². The predicted molar refractivity (Wildman–Crippen MR) is 142 cm³/mol. The van der Waals surface area contributed by atoms with Crippen molar-refractivity contribution in [2.24, 2.45) is 5.92 Å². The molecule has 1 unspecified atom stereocenters. The summed E-state index contributed by atoms with van der Waals surface area (Å²) in [6, 6.07) is 13.1. The fourth-order valence-electron chi connectivity index (χ4n) is 5.56. The quantitative estimate of drug-likeness (QED) is 0.468. The van der Waals surface area contributed by atoms with Crippen LogP contribution in [0.25, 0.3) is 16.8 Å². The molecule has 0 bridgehead atoms. The summed E-state index contributed by atoms with van der Waals surface area (Å²) in [4.78, 5) is 45.1. The summed E-state index contributed by atoms with van der Waals surface area (Å²) in [5, 5.41) is 7.55. The number of carbonyl (C=O) groups is 3. The van der Waals surface area contributed by atoms with E-state index >= 15 is 0 Å². The molecule has 3 heterocycles. The highest BCUT2D eigenvalue weighted by molar-refractivity contribution is 5.98. The molecule has 1 aromatic carbocycles. The van der Waals surface area contributed by atoms with Crippen molar-refractivity contribution in [2.45, 2.75) is 64.0 Å². The number of hydrogen-bond donors (Lipinski definition) is 1. The molecule has 3 aromatic rings. The van der Waals surface area contributed by atoms with E-state index in [4.69, 9.17) is 4.74 Å². The van der Waals surface area contributed by atoms with E-state index in [1.807, 2.05) is 62.5 Å². The van der Waals surface area contributed by atoms with Gasteiger partial charge in [-0.2, -0.15) is 0 Å². The molecule has 9 nitrogen and oxygen atoms in total. The van der Waals surface area contributed by atoms with Gasteiger partial charge in [0.1, 0.15) is 12.1 Å². The Morgan fingerprint density at radius 2 is 1.89 bits per heavy atom. The first-order valence-corrected chi connectivity index (χ1v) is 13.2. The lowest BCUT2D eigenvalue weighted by atomic mass is 9.75. The SMILES string of the molecule is CC(C)N(CC(=O)Nc1nn(-c2cccnc2)cc1-c1ccccc1)C(=O)C1CC(=O)OC12CCCCC2. The summed E-state index contributed by atoms with van der Waals surface area (Å²) in [5.74, 6) is -1.05. The zero-order valence-corrected chi connectivity index (χ0v) is 21.8. The number of nitrogens with zero attached hydrogens (tertiary/aromatic N) is 4. The Kier molecular flexibility index (Phi) is 7.26. The minimum Gasteiger partial charge on any atom is -0.458 e. The molecule has 198 valence electrons. The number of esters is 1. The van der Waals surface area contributed by atoms with Crippen molar-refractivity contribution in [1.82, 2.24) is 19.7 Å². The molecule has 2 amide bonds. The lowest BCUT2D eigenvalue weighted by molar-refractivity contribution is -0.156. The van der Waals surface area contributed by atoms with E-state index in [0.717, 1.165) is 36.1 Å². The van der Waals surface area contributed by atoms with Crippen LogP contribution in [0, 0.1) is 5.92 Å². The van der Waals surface area contributed by atoms with Crippen molar-refractivity contribution >= 4 is 23.6 Å². The topological polar surface area (TPSA) is 106 Å². The monoisotopic (exact) mass is 515 g/mol. The molecule has 2 fully saturated rings. The molecule has 1 spiro atoms. The number of carbonyl (C=O) groups excluding carboxylic acids is 3. The molecule has 0 radical (unpaired) electrons. The number of benzene rings is 1. The number of ether oxygens (including phenoxy) is 1. The molecule has 38 heavy (non-hydrogen) atoms. The number of hydrogen-bond acceptors (Lipinski definition) is 6. The van der Waals surface area contributed by atoms with Crippen LogP contribution < -0.4 is 5.32 Å². The van der Waals surface area contributed by atoms with Crippen LogP contribution in [-0.4, -0.2) is 55.6 Å². The van der Waals surface area contributed by atoms with E-state index in [-0.39, 0.29) is 36.8 Å². The summed E-state index contributed by atoms with van der Waals surface area (Å²) in [7, 11) is 0. The van der Waals surface area contributed by atoms with E-state index in [1.54, 1.807) is 22.0 Å². The first-order chi connectivity index (χ1) is 18.4. The Morgan fingerprint density at radius 3 is 2.58 bits per heavy atom. The molecule has 1 saturated carbocycles. The highest BCUT2D eigenvalue weighted by Gasteiger charge is 2.54. The van der Waals surface area contributed by atoms with E-state index in [0.29, 0.717) is 18.7 Å². The molecule has 5 rings (SSSR count). The minimum atomic E-state index is -0.737. The van der Waals surface area contributed by atoms with Crippen molar-refractivity contribution in [1.29, 1.82) is 0 Å². The first-order valence-electron chi connectivity index (χ1n) is 13.2. The number of amides is 2. The van der Waals surface area contributed by atoms with Gasteiger partial charge in [-0.1, -0.05) is 36.8 Å². The van der Waals surface area contributed by atoms with E-state index in [9.17, 15) is 14.4 Å². The van der Waals surface area contributed by atoms with E-state index in [2.05, 4.69) is 15.4 Å². The zero-order valence-electron chi connectivity index (χ0n) is 21.8. The fraction of sp³-hybridized carbons (Fsp3) is 0.414. The summed E-state index contributed by atoms with van der Waals surface area (Å²) < 4.78 is 7.43. The minimum absolute atomic E-state index is 0.0668. The van der Waals surface area contributed by atoms with Gasteiger partial charge in [0.15, 0.2) is 5.82 Å². The molecular formula is C29H33N5O4. The average Bonchev–Trinajstić information content (AvgIpc) is 3.48. The van der Waals surface area contributed by atoms with Crippen LogP contribution in [0.2, 0.25) is 0 Å². The van der Waals surface area contributed by atoms with Crippen molar-refractivity contribution in [3.05, 3.63) is 61.1 Å². The first kappa shape index (κ1) is 25.6. The van der Waals surface area contributed by atoms with Gasteiger partial charge >= 0.3 is 5.97 Å². The number of anilines is 1. The third-order valence-electron chi connectivity index (χ3n) is 7.51. The Hall–Kier alpha value is -4.01. The zero-order chi connectivity index (χ0) is 26.7. The van der Waals surface area contributed by atoms with Crippen molar-refractivity contribution < 1.29 is 19.1 Å². The standard InChI is InChI=1S/C29H33N5O4/c1-20(2)33(28(37)24-16-26(36)38-29(24)13-7-4-8-14-29)19-25(35)31-27-23(21-10-5-3-6-11-21)18-34(32-27)22-12-9-15-30-17-22/h3,5-6,9-12,15,17-18,20,24H,4,7-8,13-14,16,19H2,1-2H3,(H,31,32,35). The largest absolute Gasteiger partial charge is 0.458 e. The smallest absolute Gasteiger partial charge is 0.307 e. The van der Waals surface area contributed by atoms with Crippen LogP contribution in [0.5, 0.6) is 0 Å². The molecule has 1 aliphatic carbocycles. The number of pyridine rings is 1. The molecular weight excluding hydrogens is 482 g/mol. The number of rotatable bonds is 7. The van der Waals surface area contributed by atoms with Crippen LogP contribution >= 0.6 is 0 Å². The van der Waals surface area contributed by atoms with E-state index < -0.39 is 11.5 Å². The third-order valence-corrected chi connectivity index (χ3v) is 7.51. The fourth-order valence-corrected chi connectivity index (χ4v) is 5.56. The van der Waals surface area contributed by atoms with Crippen LogP contribution in [0.4, 0.5) is 5.82 Å². The second-order valence-corrected chi connectivity index (χ2v) is 10.4.